The maximum absolute atomic E-state index is 11.9. The fraction of sp³-hybridized carbons (Fsp3) is 0.167. The summed E-state index contributed by atoms with van der Waals surface area (Å²) in [6.07, 6.45) is 1.66. The van der Waals surface area contributed by atoms with Crippen molar-refractivity contribution >= 4 is 16.9 Å². The highest BCUT2D eigenvalue weighted by molar-refractivity contribution is 5.80. The number of hydrogen-bond donors (Lipinski definition) is 1. The highest BCUT2D eigenvalue weighted by Gasteiger charge is 2.08. The van der Waals surface area contributed by atoms with Crippen molar-refractivity contribution in [3.8, 4) is 5.75 Å². The van der Waals surface area contributed by atoms with Crippen LogP contribution in [0.25, 0.3) is 10.9 Å². The van der Waals surface area contributed by atoms with Gasteiger partial charge in [0.25, 0.3) is 0 Å². The van der Waals surface area contributed by atoms with Gasteiger partial charge in [0, 0.05) is 23.5 Å². The number of pyridine rings is 1. The SMILES string of the molecule is CCC(=O)Oc1c[nH]c2ccccc2c1=O. The Hall–Kier alpha value is -2.10. The molecule has 16 heavy (non-hydrogen) atoms. The first-order valence-corrected chi connectivity index (χ1v) is 5.03. The second-order valence-electron chi connectivity index (χ2n) is 3.36. The van der Waals surface area contributed by atoms with Crippen molar-refractivity contribution in [1.82, 2.24) is 4.98 Å². The molecule has 0 fully saturated rings. The summed E-state index contributed by atoms with van der Waals surface area (Å²) in [4.78, 5) is 25.9. The monoisotopic (exact) mass is 217 g/mol. The Kier molecular flexibility index (Phi) is 2.72. The molecule has 0 saturated heterocycles. The van der Waals surface area contributed by atoms with Gasteiger partial charge in [0.1, 0.15) is 0 Å². The summed E-state index contributed by atoms with van der Waals surface area (Å²) in [6, 6.07) is 7.08. The van der Waals surface area contributed by atoms with Crippen LogP contribution in [-0.2, 0) is 4.79 Å². The molecule has 4 nitrogen and oxygen atoms in total. The number of H-pyrrole nitrogens is 1. The summed E-state index contributed by atoms with van der Waals surface area (Å²) in [5.41, 5.74) is 0.458. The van der Waals surface area contributed by atoms with Crippen molar-refractivity contribution in [3.05, 3.63) is 40.7 Å². The number of ether oxygens (including phenoxy) is 1. The number of rotatable bonds is 2. The smallest absolute Gasteiger partial charge is 0.311 e. The molecule has 0 unspecified atom stereocenters. The van der Waals surface area contributed by atoms with E-state index >= 15 is 0 Å². The largest absolute Gasteiger partial charge is 0.421 e. The normalized spacial score (nSPS) is 10.3. The zero-order chi connectivity index (χ0) is 11.5. The molecule has 1 heterocycles. The third-order valence-electron chi connectivity index (χ3n) is 2.27. The molecule has 0 saturated carbocycles. The molecule has 0 aliphatic heterocycles. The van der Waals surface area contributed by atoms with E-state index in [0.29, 0.717) is 5.39 Å². The van der Waals surface area contributed by atoms with Crippen LogP contribution in [-0.4, -0.2) is 11.0 Å². The predicted molar refractivity (Wildman–Crippen MR) is 60.5 cm³/mol. The first-order chi connectivity index (χ1) is 7.72. The van der Waals surface area contributed by atoms with Gasteiger partial charge in [-0.25, -0.2) is 0 Å². The molecule has 82 valence electrons. The van der Waals surface area contributed by atoms with Crippen molar-refractivity contribution < 1.29 is 9.53 Å². The Morgan fingerprint density at radius 1 is 1.38 bits per heavy atom. The Bertz CT molecular complexity index is 586. The van der Waals surface area contributed by atoms with E-state index in [4.69, 9.17) is 4.74 Å². The number of fused-ring (bicyclic) bond motifs is 1. The van der Waals surface area contributed by atoms with Gasteiger partial charge in [-0.3, -0.25) is 9.59 Å². The molecule has 0 aliphatic rings. The Balaban J connectivity index is 2.53. The number of benzene rings is 1. The van der Waals surface area contributed by atoms with Gasteiger partial charge in [-0.1, -0.05) is 19.1 Å². The molecular weight excluding hydrogens is 206 g/mol. The summed E-state index contributed by atoms with van der Waals surface area (Å²) in [6.45, 7) is 1.68. The summed E-state index contributed by atoms with van der Waals surface area (Å²) in [5.74, 6) is -0.369. The van der Waals surface area contributed by atoms with Crippen LogP contribution in [0.5, 0.6) is 5.75 Å². The highest BCUT2D eigenvalue weighted by atomic mass is 16.5. The topological polar surface area (TPSA) is 59.2 Å². The van der Waals surface area contributed by atoms with Crippen LogP contribution in [0.2, 0.25) is 0 Å². The second-order valence-corrected chi connectivity index (χ2v) is 3.36. The number of aromatic amines is 1. The molecular formula is C12H11NO3. The zero-order valence-corrected chi connectivity index (χ0v) is 8.82. The number of para-hydroxylation sites is 1. The van der Waals surface area contributed by atoms with E-state index in [1.165, 1.54) is 6.20 Å². The zero-order valence-electron chi connectivity index (χ0n) is 8.82. The lowest BCUT2D eigenvalue weighted by Crippen LogP contribution is -2.14. The third kappa shape index (κ3) is 1.82. The van der Waals surface area contributed by atoms with Gasteiger partial charge in [0.15, 0.2) is 5.75 Å². The first-order valence-electron chi connectivity index (χ1n) is 5.03. The van der Waals surface area contributed by atoms with Gasteiger partial charge >= 0.3 is 5.97 Å². The van der Waals surface area contributed by atoms with Crippen LogP contribution < -0.4 is 10.2 Å². The molecule has 1 aromatic carbocycles. The minimum absolute atomic E-state index is 0.0468. The van der Waals surface area contributed by atoms with Crippen LogP contribution in [0.15, 0.2) is 35.3 Å². The quantitative estimate of drug-likeness (QED) is 0.781. The molecule has 0 atom stereocenters. The average Bonchev–Trinajstić information content (AvgIpc) is 2.33. The van der Waals surface area contributed by atoms with Crippen molar-refractivity contribution in [2.45, 2.75) is 13.3 Å². The van der Waals surface area contributed by atoms with Gasteiger partial charge in [-0.15, -0.1) is 0 Å². The molecule has 1 aromatic heterocycles. The van der Waals surface area contributed by atoms with Gasteiger partial charge in [-0.05, 0) is 12.1 Å². The number of carbonyl (C=O) groups is 1. The second kappa shape index (κ2) is 4.18. The Morgan fingerprint density at radius 2 is 2.12 bits per heavy atom. The van der Waals surface area contributed by atoms with E-state index < -0.39 is 5.97 Å². The molecule has 0 amide bonds. The Labute approximate surface area is 91.9 Å². The Morgan fingerprint density at radius 3 is 2.88 bits per heavy atom. The van der Waals surface area contributed by atoms with Crippen LogP contribution in [0.4, 0.5) is 0 Å². The molecule has 0 spiro atoms. The number of carbonyl (C=O) groups excluding carboxylic acids is 1. The van der Waals surface area contributed by atoms with E-state index in [1.54, 1.807) is 25.1 Å². The molecule has 0 aliphatic carbocycles. The van der Waals surface area contributed by atoms with Crippen molar-refractivity contribution in [2.75, 3.05) is 0 Å². The van der Waals surface area contributed by atoms with E-state index in [-0.39, 0.29) is 17.6 Å². The fourth-order valence-electron chi connectivity index (χ4n) is 1.42. The number of hydrogen-bond acceptors (Lipinski definition) is 3. The third-order valence-corrected chi connectivity index (χ3v) is 2.27. The predicted octanol–water partition coefficient (Wildman–Crippen LogP) is 1.84. The average molecular weight is 217 g/mol. The minimum Gasteiger partial charge on any atom is -0.421 e. The maximum Gasteiger partial charge on any atom is 0.311 e. The van der Waals surface area contributed by atoms with Gasteiger partial charge in [0.2, 0.25) is 5.43 Å². The number of esters is 1. The standard InChI is InChI=1S/C12H11NO3/c1-2-11(14)16-10-7-13-9-6-4-3-5-8(9)12(10)15/h3-7H,2H2,1H3,(H,13,15). The van der Waals surface area contributed by atoms with Crippen LogP contribution >= 0.6 is 0 Å². The van der Waals surface area contributed by atoms with Gasteiger partial charge in [0.05, 0.1) is 0 Å². The van der Waals surface area contributed by atoms with Crippen LogP contribution in [0.3, 0.4) is 0 Å². The van der Waals surface area contributed by atoms with E-state index in [0.717, 1.165) is 5.52 Å². The molecule has 0 radical (unpaired) electrons. The summed E-state index contributed by atoms with van der Waals surface area (Å²) >= 11 is 0. The molecule has 2 aromatic rings. The number of nitrogens with one attached hydrogen (secondary N) is 1. The van der Waals surface area contributed by atoms with Crippen LogP contribution in [0, 0.1) is 0 Å². The molecule has 2 rings (SSSR count). The maximum atomic E-state index is 11.9. The van der Waals surface area contributed by atoms with Gasteiger partial charge < -0.3 is 9.72 Å². The molecule has 4 heteroatoms. The van der Waals surface area contributed by atoms with Crippen LogP contribution in [0.1, 0.15) is 13.3 Å². The molecule has 1 N–H and O–H groups in total. The summed E-state index contributed by atoms with van der Waals surface area (Å²) < 4.78 is 4.92. The number of aromatic nitrogens is 1. The summed E-state index contributed by atoms with van der Waals surface area (Å²) in [7, 11) is 0. The van der Waals surface area contributed by atoms with E-state index in [9.17, 15) is 9.59 Å². The minimum atomic E-state index is -0.416. The lowest BCUT2D eigenvalue weighted by atomic mass is 10.2. The fourth-order valence-corrected chi connectivity index (χ4v) is 1.42. The lowest BCUT2D eigenvalue weighted by molar-refractivity contribution is -0.134. The van der Waals surface area contributed by atoms with Crippen molar-refractivity contribution in [1.29, 1.82) is 0 Å². The van der Waals surface area contributed by atoms with E-state index in [1.807, 2.05) is 6.07 Å². The van der Waals surface area contributed by atoms with E-state index in [2.05, 4.69) is 4.98 Å². The van der Waals surface area contributed by atoms with Crippen molar-refractivity contribution in [3.63, 3.8) is 0 Å². The first kappa shape index (κ1) is 10.4. The van der Waals surface area contributed by atoms with Gasteiger partial charge in [-0.2, -0.15) is 0 Å². The highest BCUT2D eigenvalue weighted by Crippen LogP contribution is 2.11. The van der Waals surface area contributed by atoms with Crippen molar-refractivity contribution in [2.24, 2.45) is 0 Å². The molecule has 0 bridgehead atoms. The lowest BCUT2D eigenvalue weighted by Gasteiger charge is -2.03. The summed E-state index contributed by atoms with van der Waals surface area (Å²) in [5, 5.41) is 0.518.